The minimum Gasteiger partial charge on any atom is -0.288 e. The quantitative estimate of drug-likeness (QED) is 0.112. The number of nitrogens with zero attached hydrogens (tertiary/aromatic N) is 2. The number of anilines is 1. The van der Waals surface area contributed by atoms with Crippen molar-refractivity contribution < 1.29 is 14.5 Å². The van der Waals surface area contributed by atoms with Gasteiger partial charge in [-0.3, -0.25) is 25.1 Å². The molecule has 0 bridgehead atoms. The average Bonchev–Trinajstić information content (AvgIpc) is 2.78. The van der Waals surface area contributed by atoms with E-state index in [1.807, 2.05) is 6.07 Å². The second-order valence-corrected chi connectivity index (χ2v) is 8.10. The largest absolute Gasteiger partial charge is 0.290 e. The van der Waals surface area contributed by atoms with Crippen LogP contribution >= 0.6 is 46.4 Å². The molecule has 0 saturated carbocycles. The maximum absolute atomic E-state index is 13.3. The van der Waals surface area contributed by atoms with Crippen LogP contribution in [0.2, 0.25) is 20.1 Å². The Kier molecular flexibility index (Phi) is 5.92. The van der Waals surface area contributed by atoms with Crippen LogP contribution in [0.5, 0.6) is 0 Å². The first kappa shape index (κ1) is 22.2. The van der Waals surface area contributed by atoms with Crippen LogP contribution in [0, 0.1) is 10.1 Å². The molecule has 11 heteroatoms. The molecule has 1 aliphatic rings. The van der Waals surface area contributed by atoms with E-state index in [1.165, 1.54) is 18.3 Å². The lowest BCUT2D eigenvalue weighted by atomic mass is 9.82. The molecule has 0 unspecified atom stereocenters. The molecule has 0 heterocycles. The number of nitro groups is 1. The maximum Gasteiger partial charge on any atom is 0.290 e. The van der Waals surface area contributed by atoms with Crippen molar-refractivity contribution in [3.05, 3.63) is 100 Å². The topological polar surface area (TPSA) is 102 Å². The van der Waals surface area contributed by atoms with Gasteiger partial charge in [-0.05, 0) is 24.3 Å². The van der Waals surface area contributed by atoms with E-state index in [1.54, 1.807) is 24.3 Å². The third kappa shape index (κ3) is 3.53. The van der Waals surface area contributed by atoms with Crippen molar-refractivity contribution in [3.63, 3.8) is 0 Å². The minimum absolute atomic E-state index is 0.00376. The standard InChI is InChI=1S/C21H9Cl4N3O4/c22-15-13-14(16(23)18(25)17(15)24)21(30)12-11(20(13)29)7-6-9(19(12)28(31)32)8-26-27-10-4-2-1-3-5-10/h1-8,27H/b26-8-. The third-order valence-corrected chi connectivity index (χ3v) is 6.56. The van der Waals surface area contributed by atoms with E-state index in [-0.39, 0.29) is 42.3 Å². The number of nitrogens with one attached hydrogen (secondary N) is 1. The van der Waals surface area contributed by atoms with Crippen LogP contribution in [0.3, 0.4) is 0 Å². The van der Waals surface area contributed by atoms with Crippen LogP contribution in [0.4, 0.5) is 11.4 Å². The smallest absolute Gasteiger partial charge is 0.288 e. The van der Waals surface area contributed by atoms with Gasteiger partial charge in [-0.15, -0.1) is 0 Å². The van der Waals surface area contributed by atoms with E-state index in [2.05, 4.69) is 10.5 Å². The summed E-state index contributed by atoms with van der Waals surface area (Å²) in [4.78, 5) is 37.6. The number of fused-ring (bicyclic) bond motifs is 2. The molecule has 1 aliphatic carbocycles. The van der Waals surface area contributed by atoms with Gasteiger partial charge >= 0.3 is 0 Å². The first-order valence-electron chi connectivity index (χ1n) is 8.84. The number of hydrogen-bond acceptors (Lipinski definition) is 6. The van der Waals surface area contributed by atoms with Gasteiger partial charge in [0.2, 0.25) is 5.78 Å². The lowest BCUT2D eigenvalue weighted by Crippen LogP contribution is -2.24. The lowest BCUT2D eigenvalue weighted by molar-refractivity contribution is -0.385. The fraction of sp³-hybridized carbons (Fsp3) is 0. The summed E-state index contributed by atoms with van der Waals surface area (Å²) < 4.78 is 0. The van der Waals surface area contributed by atoms with Crippen molar-refractivity contribution >= 4 is 75.6 Å². The number of carbonyl (C=O) groups excluding carboxylic acids is 2. The molecule has 0 fully saturated rings. The predicted octanol–water partition coefficient (Wildman–Crippen LogP) is 6.43. The zero-order valence-corrected chi connectivity index (χ0v) is 18.7. The fourth-order valence-electron chi connectivity index (χ4n) is 3.33. The van der Waals surface area contributed by atoms with Gasteiger partial charge in [0.15, 0.2) is 5.78 Å². The van der Waals surface area contributed by atoms with Gasteiger partial charge in [0.1, 0.15) is 5.56 Å². The van der Waals surface area contributed by atoms with E-state index in [9.17, 15) is 19.7 Å². The van der Waals surface area contributed by atoms with Crippen LogP contribution < -0.4 is 5.43 Å². The van der Waals surface area contributed by atoms with Crippen molar-refractivity contribution in [1.82, 2.24) is 0 Å². The summed E-state index contributed by atoms with van der Waals surface area (Å²) in [6.07, 6.45) is 1.18. The van der Waals surface area contributed by atoms with Crippen molar-refractivity contribution in [1.29, 1.82) is 0 Å². The Morgan fingerprint density at radius 1 is 0.812 bits per heavy atom. The van der Waals surface area contributed by atoms with E-state index in [0.29, 0.717) is 5.69 Å². The summed E-state index contributed by atoms with van der Waals surface area (Å²) in [5, 5.41) is 14.9. The molecule has 0 amide bonds. The van der Waals surface area contributed by atoms with Crippen molar-refractivity contribution in [2.24, 2.45) is 5.10 Å². The number of nitro benzene ring substituents is 1. The maximum atomic E-state index is 13.3. The molecule has 0 atom stereocenters. The molecule has 160 valence electrons. The van der Waals surface area contributed by atoms with Gasteiger partial charge < -0.3 is 0 Å². The molecule has 0 saturated heterocycles. The number of carbonyl (C=O) groups is 2. The van der Waals surface area contributed by atoms with Crippen LogP contribution in [-0.2, 0) is 0 Å². The lowest BCUT2D eigenvalue weighted by Gasteiger charge is -2.21. The number of benzene rings is 3. The molecule has 3 aromatic carbocycles. The molecule has 0 aliphatic heterocycles. The van der Waals surface area contributed by atoms with Crippen molar-refractivity contribution in [3.8, 4) is 0 Å². The Balaban J connectivity index is 1.88. The number of hydrazone groups is 1. The zero-order chi connectivity index (χ0) is 23.2. The number of ketones is 2. The van der Waals surface area contributed by atoms with Gasteiger partial charge in [-0.2, -0.15) is 5.10 Å². The summed E-state index contributed by atoms with van der Waals surface area (Å²) in [5.74, 6) is -1.59. The minimum atomic E-state index is -0.863. The average molecular weight is 509 g/mol. The van der Waals surface area contributed by atoms with Crippen molar-refractivity contribution in [2.75, 3.05) is 5.43 Å². The van der Waals surface area contributed by atoms with E-state index in [0.717, 1.165) is 0 Å². The zero-order valence-electron chi connectivity index (χ0n) is 15.7. The summed E-state index contributed by atoms with van der Waals surface area (Å²) in [6.45, 7) is 0. The highest BCUT2D eigenvalue weighted by Gasteiger charge is 2.41. The van der Waals surface area contributed by atoms with Gasteiger partial charge in [0, 0.05) is 5.56 Å². The monoisotopic (exact) mass is 507 g/mol. The Bertz CT molecular complexity index is 1360. The second kappa shape index (κ2) is 8.52. The summed E-state index contributed by atoms with van der Waals surface area (Å²) in [5.41, 5.74) is 1.59. The van der Waals surface area contributed by atoms with Crippen LogP contribution in [-0.4, -0.2) is 22.7 Å². The van der Waals surface area contributed by atoms with E-state index >= 15 is 0 Å². The molecule has 1 N–H and O–H groups in total. The summed E-state index contributed by atoms with van der Waals surface area (Å²) >= 11 is 24.4. The highest BCUT2D eigenvalue weighted by molar-refractivity contribution is 6.55. The normalized spacial score (nSPS) is 12.6. The predicted molar refractivity (Wildman–Crippen MR) is 124 cm³/mol. The van der Waals surface area contributed by atoms with E-state index in [4.69, 9.17) is 46.4 Å². The summed E-state index contributed by atoms with van der Waals surface area (Å²) in [7, 11) is 0. The number of rotatable bonds is 4. The Hall–Kier alpha value is -2.97. The number of halogens is 4. The second-order valence-electron chi connectivity index (χ2n) is 6.58. The Labute approximate surface area is 200 Å². The van der Waals surface area contributed by atoms with Crippen LogP contribution in [0.1, 0.15) is 37.4 Å². The number of para-hydroxylation sites is 1. The molecule has 4 rings (SSSR count). The highest BCUT2D eigenvalue weighted by atomic mass is 35.5. The number of hydrogen-bond donors (Lipinski definition) is 1. The molecule has 0 aromatic heterocycles. The highest BCUT2D eigenvalue weighted by Crippen LogP contribution is 2.46. The van der Waals surface area contributed by atoms with E-state index < -0.39 is 27.7 Å². The van der Waals surface area contributed by atoms with Crippen LogP contribution in [0.25, 0.3) is 0 Å². The fourth-order valence-corrected chi connectivity index (χ4v) is 4.36. The molecule has 3 aromatic rings. The first-order chi connectivity index (χ1) is 15.2. The van der Waals surface area contributed by atoms with Gasteiger partial charge in [0.05, 0.1) is 53.6 Å². The third-order valence-electron chi connectivity index (χ3n) is 4.76. The van der Waals surface area contributed by atoms with Gasteiger partial charge in [-0.25, -0.2) is 0 Å². The van der Waals surface area contributed by atoms with Crippen LogP contribution in [0.15, 0.2) is 47.6 Å². The first-order valence-corrected chi connectivity index (χ1v) is 10.4. The Morgan fingerprint density at radius 3 is 2.00 bits per heavy atom. The molecule has 0 radical (unpaired) electrons. The van der Waals surface area contributed by atoms with Gasteiger partial charge in [0.25, 0.3) is 5.69 Å². The summed E-state index contributed by atoms with van der Waals surface area (Å²) in [6, 6.07) is 11.5. The molecule has 32 heavy (non-hydrogen) atoms. The van der Waals surface area contributed by atoms with Crippen molar-refractivity contribution in [2.45, 2.75) is 0 Å². The SMILES string of the molecule is O=C1c2ccc(/C=N\Nc3ccccc3)c([N+](=O)[O-])c2C(=O)c2c(Cl)c(Cl)c(Cl)c(Cl)c21. The molecule has 7 nitrogen and oxygen atoms in total. The molecule has 0 spiro atoms. The van der Waals surface area contributed by atoms with Gasteiger partial charge in [-0.1, -0.05) is 64.6 Å². The Morgan fingerprint density at radius 2 is 1.41 bits per heavy atom. The molecular weight excluding hydrogens is 500 g/mol. The molecular formula is C21H9Cl4N3O4.